The lowest BCUT2D eigenvalue weighted by atomic mass is 9.73. The van der Waals surface area contributed by atoms with E-state index in [0.717, 1.165) is 24.3 Å². The van der Waals surface area contributed by atoms with E-state index in [2.05, 4.69) is 20.2 Å². The normalized spacial score (nSPS) is 19.7. The zero-order valence-electron chi connectivity index (χ0n) is 27.3. The number of fused-ring (bicyclic) bond motifs is 2. The summed E-state index contributed by atoms with van der Waals surface area (Å²) in [6.45, 7) is 8.56. The number of halogens is 2. The van der Waals surface area contributed by atoms with E-state index in [-0.39, 0.29) is 47.8 Å². The number of thiazole rings is 1. The molecule has 0 saturated carbocycles. The van der Waals surface area contributed by atoms with Gasteiger partial charge in [-0.2, -0.15) is 0 Å². The fourth-order valence-corrected chi connectivity index (χ4v) is 7.91. The summed E-state index contributed by atoms with van der Waals surface area (Å²) in [6.07, 6.45) is 1.70. The van der Waals surface area contributed by atoms with Crippen LogP contribution in [0, 0.1) is 11.2 Å². The van der Waals surface area contributed by atoms with Crippen LogP contribution in [0.3, 0.4) is 0 Å². The molecule has 0 radical (unpaired) electrons. The minimum Gasteiger partial charge on any atom is -0.444 e. The summed E-state index contributed by atoms with van der Waals surface area (Å²) in [5, 5.41) is 4.81. The van der Waals surface area contributed by atoms with Crippen LogP contribution < -0.4 is 10.2 Å². The van der Waals surface area contributed by atoms with Crippen LogP contribution in [0.15, 0.2) is 54.3 Å². The number of carbonyl (C=O) groups is 3. The van der Waals surface area contributed by atoms with E-state index in [1.54, 1.807) is 27.1 Å². The first kappa shape index (κ1) is 31.4. The van der Waals surface area contributed by atoms with Gasteiger partial charge in [-0.05, 0) is 56.2 Å². The second-order valence-electron chi connectivity index (χ2n) is 14.4. The van der Waals surface area contributed by atoms with Crippen LogP contribution in [0.4, 0.5) is 24.4 Å². The van der Waals surface area contributed by atoms with Crippen LogP contribution in [0.5, 0.6) is 0 Å². The SMILES string of the molecule is CC(C)(C)OC(=O)N1CC2(C1)CN(c1ccc(-c3cc(F)c4c(c3)C(=O)N(C(C(=O)Nc3nccs3)c3ncn5c3C[C@@H](F)C5)C4)cc1)C2. The maximum absolute atomic E-state index is 15.7. The van der Waals surface area contributed by atoms with Gasteiger partial charge in [-0.3, -0.25) is 14.9 Å². The van der Waals surface area contributed by atoms with Crippen LogP contribution in [0.1, 0.15) is 54.1 Å². The van der Waals surface area contributed by atoms with Gasteiger partial charge in [0.05, 0.1) is 25.1 Å². The monoisotopic (exact) mass is 687 g/mol. The Bertz CT molecular complexity index is 1960. The molecular weight excluding hydrogens is 652 g/mol. The minimum absolute atomic E-state index is 0.0722. The number of alkyl halides is 1. The summed E-state index contributed by atoms with van der Waals surface area (Å²) in [6, 6.07) is 9.62. The smallest absolute Gasteiger partial charge is 0.410 e. The van der Waals surface area contributed by atoms with Gasteiger partial charge in [0.15, 0.2) is 11.2 Å². The molecule has 2 aromatic carbocycles. The Morgan fingerprint density at radius 2 is 1.84 bits per heavy atom. The number of hydrogen-bond acceptors (Lipinski definition) is 8. The highest BCUT2D eigenvalue weighted by atomic mass is 32.1. The lowest BCUT2D eigenvalue weighted by Gasteiger charge is -2.60. The zero-order valence-corrected chi connectivity index (χ0v) is 28.1. The fourth-order valence-electron chi connectivity index (χ4n) is 7.38. The number of amides is 3. The average Bonchev–Trinajstić information content (AvgIpc) is 3.79. The van der Waals surface area contributed by atoms with Gasteiger partial charge in [0.25, 0.3) is 11.8 Å². The Morgan fingerprint density at radius 3 is 2.53 bits per heavy atom. The van der Waals surface area contributed by atoms with Crippen LogP contribution in [0.25, 0.3) is 11.1 Å². The molecule has 11 nitrogen and oxygen atoms in total. The molecule has 1 spiro atoms. The molecule has 3 amide bonds. The molecule has 4 aliphatic heterocycles. The number of aromatic nitrogens is 3. The largest absolute Gasteiger partial charge is 0.444 e. The number of benzene rings is 2. The van der Waals surface area contributed by atoms with Crippen LogP contribution >= 0.6 is 11.3 Å². The van der Waals surface area contributed by atoms with E-state index < -0.39 is 35.4 Å². The highest BCUT2D eigenvalue weighted by molar-refractivity contribution is 7.13. The van der Waals surface area contributed by atoms with E-state index in [9.17, 15) is 18.8 Å². The predicted octanol–water partition coefficient (Wildman–Crippen LogP) is 5.43. The molecule has 6 heterocycles. The van der Waals surface area contributed by atoms with Crippen molar-refractivity contribution in [1.29, 1.82) is 0 Å². The predicted molar refractivity (Wildman–Crippen MR) is 178 cm³/mol. The van der Waals surface area contributed by atoms with Gasteiger partial charge in [0.2, 0.25) is 0 Å². The summed E-state index contributed by atoms with van der Waals surface area (Å²) < 4.78 is 37.2. The molecule has 2 atom stereocenters. The molecule has 4 aliphatic rings. The van der Waals surface area contributed by atoms with E-state index >= 15 is 4.39 Å². The van der Waals surface area contributed by atoms with Gasteiger partial charge in [0, 0.05) is 72.1 Å². The van der Waals surface area contributed by atoms with Gasteiger partial charge in [-0.25, -0.2) is 23.5 Å². The van der Waals surface area contributed by atoms with E-state index in [1.165, 1.54) is 28.6 Å². The first-order valence-corrected chi connectivity index (χ1v) is 17.1. The zero-order chi connectivity index (χ0) is 34.2. The lowest BCUT2D eigenvalue weighted by molar-refractivity contribution is -0.121. The van der Waals surface area contributed by atoms with Crippen molar-refractivity contribution < 1.29 is 27.9 Å². The molecule has 0 aliphatic carbocycles. The highest BCUT2D eigenvalue weighted by Crippen LogP contribution is 2.43. The summed E-state index contributed by atoms with van der Waals surface area (Å²) in [4.78, 5) is 53.9. The second-order valence-corrected chi connectivity index (χ2v) is 15.3. The molecule has 49 heavy (non-hydrogen) atoms. The summed E-state index contributed by atoms with van der Waals surface area (Å²) in [5.74, 6) is -1.60. The molecule has 14 heteroatoms. The number of imidazole rings is 1. The van der Waals surface area contributed by atoms with Crippen molar-refractivity contribution in [1.82, 2.24) is 24.3 Å². The molecule has 254 valence electrons. The number of ether oxygens (including phenoxy) is 1. The summed E-state index contributed by atoms with van der Waals surface area (Å²) in [5.41, 5.74) is 3.04. The Labute approximate surface area is 285 Å². The maximum atomic E-state index is 15.7. The quantitative estimate of drug-likeness (QED) is 0.288. The summed E-state index contributed by atoms with van der Waals surface area (Å²) >= 11 is 1.22. The van der Waals surface area contributed by atoms with E-state index in [0.29, 0.717) is 29.5 Å². The third-order valence-corrected chi connectivity index (χ3v) is 10.3. The number of rotatable bonds is 6. The number of hydrogen-bond donors (Lipinski definition) is 1. The highest BCUT2D eigenvalue weighted by Gasteiger charge is 2.54. The van der Waals surface area contributed by atoms with Crippen molar-refractivity contribution in [3.8, 4) is 11.1 Å². The van der Waals surface area contributed by atoms with Gasteiger partial charge >= 0.3 is 6.09 Å². The van der Waals surface area contributed by atoms with Crippen molar-refractivity contribution in [3.05, 3.63) is 82.6 Å². The number of likely N-dealkylation sites (tertiary alicyclic amines) is 1. The van der Waals surface area contributed by atoms with Crippen molar-refractivity contribution in [2.75, 3.05) is 36.4 Å². The molecule has 4 aromatic rings. The van der Waals surface area contributed by atoms with Gasteiger partial charge in [0.1, 0.15) is 17.6 Å². The van der Waals surface area contributed by atoms with Crippen molar-refractivity contribution >= 4 is 40.1 Å². The Hall–Kier alpha value is -4.85. The third-order valence-electron chi connectivity index (χ3n) is 9.61. The fraction of sp³-hybridized carbons (Fsp3) is 0.400. The topological polar surface area (TPSA) is 113 Å². The molecule has 1 N–H and O–H groups in total. The standard InChI is InChI=1S/C35H35F2N7O4S/c1-34(2,3)48-33(47)43-17-35(18-43)15-42(16-35)23-6-4-20(5-7-23)21-10-24-25(26(37)11-21)14-44(31(24)46)29(30(45)40-32-38-8-9-49-32)28-27-12-22(36)13-41(27)19-39-28/h4-11,19,22,29H,12-18H2,1-3H3,(H,38,40,45)/t22-,29?/m1/s1. The number of carbonyl (C=O) groups excluding carboxylic acids is 3. The van der Waals surface area contributed by atoms with Gasteiger partial charge in [-0.15, -0.1) is 11.3 Å². The molecule has 2 fully saturated rings. The van der Waals surface area contributed by atoms with Crippen molar-refractivity contribution in [2.24, 2.45) is 5.41 Å². The van der Waals surface area contributed by atoms with Crippen molar-refractivity contribution in [2.45, 2.75) is 58.1 Å². The van der Waals surface area contributed by atoms with Crippen LogP contribution in [0.2, 0.25) is 0 Å². The van der Waals surface area contributed by atoms with Crippen LogP contribution in [-0.4, -0.2) is 80.2 Å². The number of nitrogens with one attached hydrogen (secondary N) is 1. The molecule has 0 bridgehead atoms. The summed E-state index contributed by atoms with van der Waals surface area (Å²) in [7, 11) is 0. The third kappa shape index (κ3) is 5.61. The van der Waals surface area contributed by atoms with E-state index in [1.807, 2.05) is 45.0 Å². The van der Waals surface area contributed by atoms with E-state index in [4.69, 9.17) is 4.74 Å². The first-order chi connectivity index (χ1) is 23.4. The van der Waals surface area contributed by atoms with Gasteiger partial charge in [-0.1, -0.05) is 12.1 Å². The van der Waals surface area contributed by atoms with Crippen molar-refractivity contribution in [3.63, 3.8) is 0 Å². The first-order valence-electron chi connectivity index (χ1n) is 16.2. The second kappa shape index (κ2) is 11.4. The maximum Gasteiger partial charge on any atom is 0.410 e. The average molecular weight is 688 g/mol. The minimum atomic E-state index is -1.21. The molecule has 2 saturated heterocycles. The van der Waals surface area contributed by atoms with Gasteiger partial charge < -0.3 is 24.0 Å². The van der Waals surface area contributed by atoms with Crippen LogP contribution in [-0.2, 0) is 29.0 Å². The Balaban J connectivity index is 0.988. The molecule has 8 rings (SSSR count). The lowest BCUT2D eigenvalue weighted by Crippen LogP contribution is -2.73. The Kier molecular flexibility index (Phi) is 7.28. The number of nitrogens with zero attached hydrogens (tertiary/aromatic N) is 6. The number of anilines is 2. The molecule has 1 unspecified atom stereocenters. The molecule has 2 aromatic heterocycles. The Morgan fingerprint density at radius 1 is 1.08 bits per heavy atom. The molecular formula is C35H35F2N7O4S.